The average Bonchev–Trinajstić information content (AvgIpc) is 2.68. The molecule has 3 rings (SSSR count). The van der Waals surface area contributed by atoms with Crippen LogP contribution < -0.4 is 15.4 Å². The van der Waals surface area contributed by atoms with Crippen LogP contribution in [0.3, 0.4) is 0 Å². The Morgan fingerprint density at radius 2 is 1.89 bits per heavy atom. The third-order valence-corrected chi connectivity index (χ3v) is 4.62. The van der Waals surface area contributed by atoms with Crippen molar-refractivity contribution in [2.75, 3.05) is 44.7 Å². The number of nitrogens with one attached hydrogen (secondary N) is 2. The molecule has 1 fully saturated rings. The van der Waals surface area contributed by atoms with E-state index in [9.17, 15) is 0 Å². The first kappa shape index (κ1) is 19.6. The van der Waals surface area contributed by atoms with E-state index in [1.54, 1.807) is 0 Å². The molecule has 1 heterocycles. The quantitative estimate of drug-likeness (QED) is 0.558. The summed E-state index contributed by atoms with van der Waals surface area (Å²) in [5.41, 5.74) is 2.12. The number of nitrogens with zero attached hydrogens (tertiary/aromatic N) is 1. The minimum absolute atomic E-state index is 0.643. The predicted octanol–water partition coefficient (Wildman–Crippen LogP) is 3.80. The zero-order chi connectivity index (χ0) is 18.9. The van der Waals surface area contributed by atoms with Gasteiger partial charge in [0.05, 0.1) is 13.2 Å². The van der Waals surface area contributed by atoms with Crippen molar-refractivity contribution in [3.63, 3.8) is 0 Å². The summed E-state index contributed by atoms with van der Waals surface area (Å²) in [7, 11) is 0. The van der Waals surface area contributed by atoms with Gasteiger partial charge < -0.3 is 20.1 Å². The molecular weight excluding hydrogens is 358 g/mol. The lowest BCUT2D eigenvalue weighted by Gasteiger charge is -2.26. The lowest BCUT2D eigenvalue weighted by Crippen LogP contribution is -2.38. The zero-order valence-corrected chi connectivity index (χ0v) is 16.6. The Labute approximate surface area is 166 Å². The van der Waals surface area contributed by atoms with Crippen LogP contribution in [0.25, 0.3) is 0 Å². The highest BCUT2D eigenvalue weighted by atomic mass is 32.1. The van der Waals surface area contributed by atoms with Crippen molar-refractivity contribution in [1.82, 2.24) is 10.2 Å². The smallest absolute Gasteiger partial charge is 0.170 e. The standard InChI is InChI=1S/C21H27N3O2S/c1-17-4-2-5-20(16-17)26-19-8-6-18(7-9-19)23-21(27)22-10-3-11-24-12-14-25-15-13-24/h2,4-9,16H,3,10-15H2,1H3,(H2,22,23,27). The molecule has 0 bridgehead atoms. The van der Waals surface area contributed by atoms with Gasteiger partial charge in [-0.1, -0.05) is 12.1 Å². The molecule has 0 unspecified atom stereocenters. The van der Waals surface area contributed by atoms with Crippen molar-refractivity contribution in [2.24, 2.45) is 0 Å². The van der Waals surface area contributed by atoms with Crippen LogP contribution >= 0.6 is 12.2 Å². The highest BCUT2D eigenvalue weighted by Gasteiger charge is 2.09. The molecule has 0 saturated carbocycles. The van der Waals surface area contributed by atoms with Crippen molar-refractivity contribution in [3.05, 3.63) is 54.1 Å². The van der Waals surface area contributed by atoms with Gasteiger partial charge >= 0.3 is 0 Å². The van der Waals surface area contributed by atoms with E-state index in [1.807, 2.05) is 42.5 Å². The van der Waals surface area contributed by atoms with Gasteiger partial charge in [-0.15, -0.1) is 0 Å². The molecule has 0 radical (unpaired) electrons. The Bertz CT molecular complexity index is 730. The molecule has 27 heavy (non-hydrogen) atoms. The first-order chi connectivity index (χ1) is 13.2. The summed E-state index contributed by atoms with van der Waals surface area (Å²) in [5, 5.41) is 7.12. The van der Waals surface area contributed by atoms with Gasteiger partial charge in [-0.25, -0.2) is 0 Å². The second-order valence-corrected chi connectivity index (χ2v) is 7.04. The van der Waals surface area contributed by atoms with Crippen LogP contribution in [-0.4, -0.2) is 49.4 Å². The van der Waals surface area contributed by atoms with Gasteiger partial charge in [-0.2, -0.15) is 0 Å². The summed E-state index contributed by atoms with van der Waals surface area (Å²) in [6.45, 7) is 7.73. The van der Waals surface area contributed by atoms with Gasteiger partial charge in [0.25, 0.3) is 0 Å². The van der Waals surface area contributed by atoms with Crippen molar-refractivity contribution in [1.29, 1.82) is 0 Å². The SMILES string of the molecule is Cc1cccc(Oc2ccc(NC(=S)NCCCN3CCOCC3)cc2)c1. The van der Waals surface area contributed by atoms with Gasteiger partial charge in [0.2, 0.25) is 0 Å². The van der Waals surface area contributed by atoms with Crippen LogP contribution in [0.4, 0.5) is 5.69 Å². The lowest BCUT2D eigenvalue weighted by atomic mass is 10.2. The fraction of sp³-hybridized carbons (Fsp3) is 0.381. The molecule has 1 saturated heterocycles. The maximum Gasteiger partial charge on any atom is 0.170 e. The molecule has 0 amide bonds. The Balaban J connectivity index is 1.37. The molecule has 1 aliphatic rings. The molecule has 6 heteroatoms. The third kappa shape index (κ3) is 6.82. The van der Waals surface area contributed by atoms with Gasteiger partial charge in [0, 0.05) is 25.3 Å². The number of benzene rings is 2. The van der Waals surface area contributed by atoms with Crippen LogP contribution in [0, 0.1) is 6.92 Å². The van der Waals surface area contributed by atoms with Crippen molar-refractivity contribution in [3.8, 4) is 11.5 Å². The highest BCUT2D eigenvalue weighted by molar-refractivity contribution is 7.80. The molecular formula is C21H27N3O2S. The molecule has 0 aromatic heterocycles. The maximum atomic E-state index is 5.87. The summed E-state index contributed by atoms with van der Waals surface area (Å²) in [6, 6.07) is 15.8. The van der Waals surface area contributed by atoms with Crippen LogP contribution in [0.5, 0.6) is 11.5 Å². The molecule has 0 atom stereocenters. The van der Waals surface area contributed by atoms with Crippen molar-refractivity contribution in [2.45, 2.75) is 13.3 Å². The van der Waals surface area contributed by atoms with Gasteiger partial charge in [-0.3, -0.25) is 4.90 Å². The van der Waals surface area contributed by atoms with E-state index in [0.29, 0.717) is 5.11 Å². The number of hydrogen-bond donors (Lipinski definition) is 2. The number of rotatable bonds is 7. The van der Waals surface area contributed by atoms with E-state index in [2.05, 4.69) is 28.5 Å². The van der Waals surface area contributed by atoms with E-state index in [0.717, 1.165) is 63.0 Å². The zero-order valence-electron chi connectivity index (χ0n) is 15.7. The highest BCUT2D eigenvalue weighted by Crippen LogP contribution is 2.23. The summed E-state index contributed by atoms with van der Waals surface area (Å²) in [6.07, 6.45) is 1.06. The predicted molar refractivity (Wildman–Crippen MR) is 114 cm³/mol. The number of ether oxygens (including phenoxy) is 2. The second-order valence-electron chi connectivity index (χ2n) is 6.63. The number of thiocarbonyl (C=S) groups is 1. The largest absolute Gasteiger partial charge is 0.457 e. The van der Waals surface area contributed by atoms with E-state index in [1.165, 1.54) is 5.56 Å². The Morgan fingerprint density at radius 3 is 2.63 bits per heavy atom. The fourth-order valence-corrected chi connectivity index (χ4v) is 3.15. The minimum atomic E-state index is 0.643. The van der Waals surface area contributed by atoms with Crippen molar-refractivity contribution >= 4 is 23.0 Å². The van der Waals surface area contributed by atoms with Gasteiger partial charge in [0.15, 0.2) is 5.11 Å². The summed E-state index contributed by atoms with van der Waals surface area (Å²) in [5.74, 6) is 1.64. The average molecular weight is 386 g/mol. The normalized spacial score (nSPS) is 14.6. The van der Waals surface area contributed by atoms with E-state index in [-0.39, 0.29) is 0 Å². The van der Waals surface area contributed by atoms with Crippen molar-refractivity contribution < 1.29 is 9.47 Å². The van der Waals surface area contributed by atoms with Gasteiger partial charge in [0.1, 0.15) is 11.5 Å². The third-order valence-electron chi connectivity index (χ3n) is 4.38. The monoisotopic (exact) mass is 385 g/mol. The summed E-state index contributed by atoms with van der Waals surface area (Å²) in [4.78, 5) is 2.43. The van der Waals surface area contributed by atoms with Gasteiger partial charge in [-0.05, 0) is 74.1 Å². The van der Waals surface area contributed by atoms with E-state index >= 15 is 0 Å². The number of morpholine rings is 1. The topological polar surface area (TPSA) is 45.8 Å². The Morgan fingerprint density at radius 1 is 1.11 bits per heavy atom. The minimum Gasteiger partial charge on any atom is -0.457 e. The molecule has 2 aromatic carbocycles. The molecule has 2 N–H and O–H groups in total. The van der Waals surface area contributed by atoms with Crippen LogP contribution in [0.1, 0.15) is 12.0 Å². The molecule has 0 spiro atoms. The first-order valence-electron chi connectivity index (χ1n) is 9.38. The fourth-order valence-electron chi connectivity index (χ4n) is 2.93. The van der Waals surface area contributed by atoms with Crippen LogP contribution in [0.15, 0.2) is 48.5 Å². The summed E-state index contributed by atoms with van der Waals surface area (Å²) < 4.78 is 11.2. The van der Waals surface area contributed by atoms with Crippen LogP contribution in [0.2, 0.25) is 0 Å². The molecule has 0 aliphatic carbocycles. The van der Waals surface area contributed by atoms with E-state index in [4.69, 9.17) is 21.7 Å². The lowest BCUT2D eigenvalue weighted by molar-refractivity contribution is 0.0376. The number of anilines is 1. The first-order valence-corrected chi connectivity index (χ1v) is 9.79. The summed E-state index contributed by atoms with van der Waals surface area (Å²) >= 11 is 5.37. The Hall–Kier alpha value is -2.15. The molecule has 5 nitrogen and oxygen atoms in total. The second kappa shape index (κ2) is 10.3. The van der Waals surface area contributed by atoms with Crippen LogP contribution in [-0.2, 0) is 4.74 Å². The molecule has 2 aromatic rings. The van der Waals surface area contributed by atoms with E-state index < -0.39 is 0 Å². The number of hydrogen-bond acceptors (Lipinski definition) is 4. The maximum absolute atomic E-state index is 5.87. The Kier molecular flexibility index (Phi) is 7.45. The number of aryl methyl sites for hydroxylation is 1. The molecule has 144 valence electrons. The molecule has 1 aliphatic heterocycles.